The molecule has 101 valence electrons. The Morgan fingerprint density at radius 3 is 3.11 bits per heavy atom. The van der Waals surface area contributed by atoms with Gasteiger partial charge in [0.2, 0.25) is 5.95 Å². The minimum Gasteiger partial charge on any atom is -0.446 e. The van der Waals surface area contributed by atoms with Crippen molar-refractivity contribution in [2.24, 2.45) is 5.84 Å². The molecule has 4 N–H and O–H groups in total. The van der Waals surface area contributed by atoms with Crippen LogP contribution in [0.4, 0.5) is 5.95 Å². The van der Waals surface area contributed by atoms with Crippen molar-refractivity contribution in [2.45, 2.75) is 32.3 Å². The molecule has 8 heteroatoms. The minimum absolute atomic E-state index is 0.276. The molecule has 0 aromatic carbocycles. The summed E-state index contributed by atoms with van der Waals surface area (Å²) in [5, 5.41) is 0. The van der Waals surface area contributed by atoms with E-state index in [2.05, 4.69) is 32.3 Å². The molecular weight excluding hydrogens is 248 g/mol. The van der Waals surface area contributed by atoms with Gasteiger partial charge in [0, 0.05) is 0 Å². The van der Waals surface area contributed by atoms with Gasteiger partial charge in [0.15, 0.2) is 17.6 Å². The predicted molar refractivity (Wildman–Crippen MR) is 68.5 cm³/mol. The number of nitrogens with zero attached hydrogens (tertiary/aromatic N) is 3. The van der Waals surface area contributed by atoms with Crippen LogP contribution in [-0.2, 0) is 9.53 Å². The van der Waals surface area contributed by atoms with Crippen LogP contribution in [0.2, 0.25) is 0 Å². The van der Waals surface area contributed by atoms with Crippen molar-refractivity contribution in [3.8, 4) is 0 Å². The van der Waals surface area contributed by atoms with Crippen molar-refractivity contribution < 1.29 is 9.53 Å². The summed E-state index contributed by atoms with van der Waals surface area (Å²) in [5.74, 6) is 6.05. The third kappa shape index (κ3) is 2.97. The number of aromatic nitrogens is 4. The van der Waals surface area contributed by atoms with E-state index in [9.17, 15) is 4.79 Å². The number of nitrogens with one attached hydrogen (secondary N) is 2. The number of nitrogens with two attached hydrogens (primary N) is 1. The zero-order valence-electron chi connectivity index (χ0n) is 10.5. The molecule has 1 atom stereocenters. The summed E-state index contributed by atoms with van der Waals surface area (Å²) in [7, 11) is 0. The highest BCUT2D eigenvalue weighted by Crippen LogP contribution is 2.22. The maximum Gasteiger partial charge on any atom is 0.418 e. The summed E-state index contributed by atoms with van der Waals surface area (Å²) in [6.45, 7) is 3.52. The average molecular weight is 263 g/mol. The van der Waals surface area contributed by atoms with E-state index in [1.54, 1.807) is 6.20 Å². The van der Waals surface area contributed by atoms with E-state index in [0.717, 1.165) is 12.8 Å². The highest BCUT2D eigenvalue weighted by atomic mass is 16.5. The van der Waals surface area contributed by atoms with Gasteiger partial charge in [-0.15, -0.1) is 0 Å². The third-order valence-electron chi connectivity index (χ3n) is 2.70. The summed E-state index contributed by atoms with van der Waals surface area (Å²) in [6.07, 6.45) is 3.72. The summed E-state index contributed by atoms with van der Waals surface area (Å²) in [5.41, 5.74) is 3.47. The Hall–Kier alpha value is -2.22. The van der Waals surface area contributed by atoms with Crippen LogP contribution in [0.3, 0.4) is 0 Å². The smallest absolute Gasteiger partial charge is 0.418 e. The molecule has 0 aliphatic heterocycles. The normalized spacial score (nSPS) is 12.3. The Labute approximate surface area is 109 Å². The number of unbranched alkanes of at least 4 members (excludes halogenated alkanes) is 1. The lowest BCUT2D eigenvalue weighted by Crippen LogP contribution is -2.10. The Kier molecular flexibility index (Phi) is 4.24. The lowest BCUT2D eigenvalue weighted by Gasteiger charge is -2.10. The zero-order valence-corrected chi connectivity index (χ0v) is 10.5. The number of hydrogen-bond acceptors (Lipinski definition) is 7. The van der Waals surface area contributed by atoms with Gasteiger partial charge in [0.1, 0.15) is 5.52 Å². The summed E-state index contributed by atoms with van der Waals surface area (Å²) >= 11 is 0. The van der Waals surface area contributed by atoms with Crippen molar-refractivity contribution in [3.63, 3.8) is 0 Å². The molecule has 0 aliphatic rings. The third-order valence-corrected chi connectivity index (χ3v) is 2.70. The van der Waals surface area contributed by atoms with E-state index in [-0.39, 0.29) is 5.95 Å². The molecule has 8 nitrogen and oxygen atoms in total. The van der Waals surface area contributed by atoms with Crippen LogP contribution in [0.5, 0.6) is 0 Å². The molecule has 1 unspecified atom stereocenters. The number of nitrogen functional groups attached to an aromatic ring is 1. The van der Waals surface area contributed by atoms with Crippen molar-refractivity contribution >= 4 is 23.6 Å². The molecule has 2 rings (SSSR count). The first-order valence-corrected chi connectivity index (χ1v) is 6.00. The van der Waals surface area contributed by atoms with Gasteiger partial charge in [-0.3, -0.25) is 5.43 Å². The first-order chi connectivity index (χ1) is 9.28. The topological polar surface area (TPSA) is 119 Å². The predicted octanol–water partition coefficient (Wildman–Crippen LogP) is 0.954. The van der Waals surface area contributed by atoms with Crippen LogP contribution in [0.15, 0.2) is 6.20 Å². The Morgan fingerprint density at radius 1 is 1.58 bits per heavy atom. The maximum absolute atomic E-state index is 10.4. The maximum atomic E-state index is 10.4. The molecule has 0 bridgehead atoms. The van der Waals surface area contributed by atoms with Crippen LogP contribution in [0, 0.1) is 0 Å². The fourth-order valence-electron chi connectivity index (χ4n) is 1.75. The second-order valence-electron chi connectivity index (χ2n) is 4.03. The molecule has 0 fully saturated rings. The second-order valence-corrected chi connectivity index (χ2v) is 4.03. The number of carbonyl (C=O) groups excluding carboxylic acids is 1. The fraction of sp³-hybridized carbons (Fsp3) is 0.455. The number of fused-ring (bicyclic) bond motifs is 1. The molecule has 0 amide bonds. The number of H-pyrrole nitrogens is 1. The molecule has 0 saturated heterocycles. The van der Waals surface area contributed by atoms with Crippen molar-refractivity contribution in [1.29, 1.82) is 0 Å². The van der Waals surface area contributed by atoms with Gasteiger partial charge < -0.3 is 9.72 Å². The summed E-state index contributed by atoms with van der Waals surface area (Å²) < 4.78 is 4.93. The number of ether oxygens (including phenoxy) is 1. The first-order valence-electron chi connectivity index (χ1n) is 6.00. The van der Waals surface area contributed by atoms with Gasteiger partial charge in [0.25, 0.3) is 0 Å². The van der Waals surface area contributed by atoms with E-state index in [4.69, 9.17) is 10.6 Å². The van der Waals surface area contributed by atoms with E-state index < -0.39 is 6.10 Å². The molecule has 2 heterocycles. The van der Waals surface area contributed by atoms with Gasteiger partial charge in [0.05, 0.1) is 6.20 Å². The standard InChI is InChI=1S/C11H15N6O2/c1-2-3-4-8(19-6-18)10-14-7-5-13-11(17-12)16-9(7)15-10/h5,8H,2-4,12H2,1H3,(H2,13,14,15,16,17). The van der Waals surface area contributed by atoms with E-state index in [1.807, 2.05) is 0 Å². The minimum atomic E-state index is -0.444. The fourth-order valence-corrected chi connectivity index (χ4v) is 1.75. The molecule has 2 aromatic heterocycles. The van der Waals surface area contributed by atoms with Gasteiger partial charge in [-0.25, -0.2) is 20.6 Å². The summed E-state index contributed by atoms with van der Waals surface area (Å²) in [6, 6.07) is 0. The molecule has 2 aromatic rings. The highest BCUT2D eigenvalue weighted by molar-refractivity contribution is 5.70. The summed E-state index contributed by atoms with van der Waals surface area (Å²) in [4.78, 5) is 25.8. The quantitative estimate of drug-likeness (QED) is 0.502. The molecule has 0 spiro atoms. The molecular formula is C11H15N6O2. The largest absolute Gasteiger partial charge is 0.446 e. The van der Waals surface area contributed by atoms with Crippen molar-refractivity contribution in [1.82, 2.24) is 19.9 Å². The van der Waals surface area contributed by atoms with Crippen molar-refractivity contribution in [3.05, 3.63) is 12.0 Å². The Bertz CT molecular complexity index is 555. The van der Waals surface area contributed by atoms with Gasteiger partial charge >= 0.3 is 6.47 Å². The second kappa shape index (κ2) is 6.10. The van der Waals surface area contributed by atoms with Crippen LogP contribution in [0.1, 0.15) is 38.1 Å². The molecule has 19 heavy (non-hydrogen) atoms. The first kappa shape index (κ1) is 13.2. The number of anilines is 1. The average Bonchev–Trinajstić information content (AvgIpc) is 2.85. The van der Waals surface area contributed by atoms with Crippen LogP contribution < -0.4 is 11.3 Å². The number of hydrazine groups is 1. The molecule has 0 aliphatic carbocycles. The van der Waals surface area contributed by atoms with Crippen LogP contribution in [0.25, 0.3) is 11.2 Å². The highest BCUT2D eigenvalue weighted by Gasteiger charge is 2.17. The van der Waals surface area contributed by atoms with E-state index in [0.29, 0.717) is 23.4 Å². The van der Waals surface area contributed by atoms with Crippen LogP contribution >= 0.6 is 0 Å². The zero-order chi connectivity index (χ0) is 13.7. The van der Waals surface area contributed by atoms with Crippen molar-refractivity contribution in [2.75, 3.05) is 5.43 Å². The lowest BCUT2D eigenvalue weighted by molar-refractivity contribution is 0.159. The molecule has 0 saturated carbocycles. The van der Waals surface area contributed by atoms with E-state index >= 15 is 0 Å². The number of aromatic amines is 1. The van der Waals surface area contributed by atoms with Gasteiger partial charge in [-0.05, 0) is 12.8 Å². The Morgan fingerprint density at radius 2 is 2.42 bits per heavy atom. The van der Waals surface area contributed by atoms with Gasteiger partial charge in [-0.1, -0.05) is 13.3 Å². The van der Waals surface area contributed by atoms with Gasteiger partial charge in [-0.2, -0.15) is 4.98 Å². The lowest BCUT2D eigenvalue weighted by atomic mass is 10.1. The number of rotatable bonds is 7. The Balaban J connectivity index is 2.28. The SMILES string of the molecule is CCCCC(O[C]=O)c1nc2nc(NN)ncc2[nH]1. The molecule has 1 radical (unpaired) electrons. The van der Waals surface area contributed by atoms with E-state index in [1.165, 1.54) is 6.47 Å². The monoisotopic (exact) mass is 263 g/mol. The number of imidazole rings is 1. The van der Waals surface area contributed by atoms with Crippen LogP contribution in [-0.4, -0.2) is 26.4 Å². The number of hydrogen-bond donors (Lipinski definition) is 3.